The summed E-state index contributed by atoms with van der Waals surface area (Å²) in [6, 6.07) is 22.8. The lowest BCUT2D eigenvalue weighted by atomic mass is 10.1. The summed E-state index contributed by atoms with van der Waals surface area (Å²) in [6.07, 6.45) is 1.98. The van der Waals surface area contributed by atoms with Crippen LogP contribution in [0.3, 0.4) is 0 Å². The van der Waals surface area contributed by atoms with Crippen molar-refractivity contribution in [3.05, 3.63) is 94.5 Å². The van der Waals surface area contributed by atoms with Gasteiger partial charge in [0.2, 0.25) is 0 Å². The van der Waals surface area contributed by atoms with Gasteiger partial charge in [0, 0.05) is 19.8 Å². The molecule has 0 spiro atoms. The van der Waals surface area contributed by atoms with E-state index in [4.69, 9.17) is 0 Å². The Morgan fingerprint density at radius 1 is 0.964 bits per heavy atom. The normalized spacial score (nSPS) is 13.8. The summed E-state index contributed by atoms with van der Waals surface area (Å²) in [7, 11) is -3.64. The van der Waals surface area contributed by atoms with Gasteiger partial charge in [0.15, 0.2) is 0 Å². The Hall–Kier alpha value is -2.02. The Morgan fingerprint density at radius 3 is 2.39 bits per heavy atom. The zero-order valence-corrected chi connectivity index (χ0v) is 18.4. The van der Waals surface area contributed by atoms with Gasteiger partial charge in [-0.2, -0.15) is 0 Å². The highest BCUT2D eigenvalue weighted by Gasteiger charge is 2.30. The number of fused-ring (bicyclic) bond motifs is 1. The SMILES string of the molecule is Cc1ccc(S(=O)(=O)N2CC=C(Sc3ccccc3)c3cc(Br)ccc32)cc1. The quantitative estimate of drug-likeness (QED) is 0.461. The first-order valence-electron chi connectivity index (χ1n) is 8.77. The van der Waals surface area contributed by atoms with Crippen molar-refractivity contribution in [3.63, 3.8) is 0 Å². The molecular formula is C22H18BrNO2S2. The largest absolute Gasteiger partial charge is 0.264 e. The maximum Gasteiger partial charge on any atom is 0.264 e. The van der Waals surface area contributed by atoms with Gasteiger partial charge in [-0.25, -0.2) is 8.42 Å². The Labute approximate surface area is 178 Å². The predicted molar refractivity (Wildman–Crippen MR) is 120 cm³/mol. The van der Waals surface area contributed by atoms with Crippen LogP contribution in [0.15, 0.2) is 93.1 Å². The molecule has 3 aromatic rings. The third-order valence-electron chi connectivity index (χ3n) is 4.52. The molecule has 0 amide bonds. The molecule has 0 unspecified atom stereocenters. The molecule has 4 rings (SSSR count). The van der Waals surface area contributed by atoms with E-state index < -0.39 is 10.0 Å². The summed E-state index contributed by atoms with van der Waals surface area (Å²) >= 11 is 5.17. The number of aryl methyl sites for hydroxylation is 1. The molecule has 0 atom stereocenters. The maximum atomic E-state index is 13.3. The van der Waals surface area contributed by atoms with E-state index >= 15 is 0 Å². The standard InChI is InChI=1S/C22H18BrNO2S2/c1-16-7-10-19(11-8-16)28(25,26)24-14-13-22(27-18-5-3-2-4-6-18)20-15-17(23)9-12-21(20)24/h2-13,15H,14H2,1H3. The molecular weight excluding hydrogens is 454 g/mol. The number of hydrogen-bond donors (Lipinski definition) is 0. The zero-order chi connectivity index (χ0) is 19.7. The van der Waals surface area contributed by atoms with Gasteiger partial charge in [-0.15, -0.1) is 0 Å². The van der Waals surface area contributed by atoms with Crippen LogP contribution in [0.5, 0.6) is 0 Å². The minimum absolute atomic E-state index is 0.305. The molecule has 0 fully saturated rings. The van der Waals surface area contributed by atoms with Crippen molar-refractivity contribution in [2.45, 2.75) is 16.7 Å². The average molecular weight is 472 g/mol. The number of hydrogen-bond acceptors (Lipinski definition) is 3. The van der Waals surface area contributed by atoms with Crippen LogP contribution < -0.4 is 4.31 Å². The first-order valence-corrected chi connectivity index (χ1v) is 11.8. The molecule has 1 heterocycles. The van der Waals surface area contributed by atoms with Crippen molar-refractivity contribution >= 4 is 48.3 Å². The van der Waals surface area contributed by atoms with Crippen LogP contribution in [0, 0.1) is 6.92 Å². The highest BCUT2D eigenvalue weighted by atomic mass is 79.9. The molecule has 0 radical (unpaired) electrons. The molecule has 28 heavy (non-hydrogen) atoms. The second kappa shape index (κ2) is 7.78. The number of rotatable bonds is 4. The average Bonchev–Trinajstić information content (AvgIpc) is 2.69. The van der Waals surface area contributed by atoms with Crippen LogP contribution in [0.4, 0.5) is 5.69 Å². The molecule has 0 aromatic heterocycles. The number of anilines is 1. The van der Waals surface area contributed by atoms with Gasteiger partial charge < -0.3 is 0 Å². The van der Waals surface area contributed by atoms with Gasteiger partial charge >= 0.3 is 0 Å². The van der Waals surface area contributed by atoms with E-state index in [9.17, 15) is 8.42 Å². The minimum Gasteiger partial charge on any atom is -0.262 e. The van der Waals surface area contributed by atoms with E-state index in [0.29, 0.717) is 17.1 Å². The van der Waals surface area contributed by atoms with E-state index in [0.717, 1.165) is 25.4 Å². The fourth-order valence-corrected chi connectivity index (χ4v) is 5.84. The highest BCUT2D eigenvalue weighted by Crippen LogP contribution is 2.43. The Kier molecular flexibility index (Phi) is 5.36. The number of thioether (sulfide) groups is 1. The fraction of sp³-hybridized carbons (Fsp3) is 0.0909. The van der Waals surface area contributed by atoms with E-state index in [1.165, 1.54) is 4.31 Å². The summed E-state index contributed by atoms with van der Waals surface area (Å²) in [6.45, 7) is 2.25. The second-order valence-electron chi connectivity index (χ2n) is 6.49. The topological polar surface area (TPSA) is 37.4 Å². The van der Waals surface area contributed by atoms with Crippen LogP contribution >= 0.6 is 27.7 Å². The molecule has 1 aliphatic rings. The number of nitrogens with zero attached hydrogens (tertiary/aromatic N) is 1. The van der Waals surface area contributed by atoms with Gasteiger partial charge in [0.1, 0.15) is 0 Å². The number of benzene rings is 3. The van der Waals surface area contributed by atoms with E-state index in [2.05, 4.69) is 28.1 Å². The number of sulfonamides is 1. The van der Waals surface area contributed by atoms with Gasteiger partial charge in [0.25, 0.3) is 10.0 Å². The molecule has 3 nitrogen and oxygen atoms in total. The molecule has 0 aliphatic carbocycles. The van der Waals surface area contributed by atoms with Crippen LogP contribution in [0.2, 0.25) is 0 Å². The second-order valence-corrected chi connectivity index (χ2v) is 10.4. The first-order chi connectivity index (χ1) is 13.4. The van der Waals surface area contributed by atoms with Gasteiger partial charge in [-0.1, -0.05) is 63.6 Å². The van der Waals surface area contributed by atoms with Crippen LogP contribution in [0.25, 0.3) is 4.91 Å². The molecule has 0 N–H and O–H groups in total. The van der Waals surface area contributed by atoms with Crippen LogP contribution in [-0.4, -0.2) is 15.0 Å². The zero-order valence-electron chi connectivity index (χ0n) is 15.2. The van der Waals surface area contributed by atoms with E-state index in [1.54, 1.807) is 23.9 Å². The number of halogens is 1. The van der Waals surface area contributed by atoms with Crippen molar-refractivity contribution in [2.24, 2.45) is 0 Å². The van der Waals surface area contributed by atoms with Crippen molar-refractivity contribution in [2.75, 3.05) is 10.8 Å². The van der Waals surface area contributed by atoms with Crippen molar-refractivity contribution in [1.82, 2.24) is 0 Å². The molecule has 6 heteroatoms. The lowest BCUT2D eigenvalue weighted by molar-refractivity contribution is 0.592. The van der Waals surface area contributed by atoms with Crippen molar-refractivity contribution in [3.8, 4) is 0 Å². The van der Waals surface area contributed by atoms with Gasteiger partial charge in [-0.05, 0) is 55.5 Å². The van der Waals surface area contributed by atoms with Gasteiger partial charge in [0.05, 0.1) is 17.1 Å². The minimum atomic E-state index is -3.64. The Balaban J connectivity index is 1.76. The van der Waals surface area contributed by atoms with E-state index in [-0.39, 0.29) is 0 Å². The monoisotopic (exact) mass is 471 g/mol. The molecule has 0 bridgehead atoms. The third-order valence-corrected chi connectivity index (χ3v) is 7.92. The molecule has 3 aromatic carbocycles. The van der Waals surface area contributed by atoms with Crippen molar-refractivity contribution < 1.29 is 8.42 Å². The summed E-state index contributed by atoms with van der Waals surface area (Å²) in [4.78, 5) is 2.48. The van der Waals surface area contributed by atoms with Crippen molar-refractivity contribution in [1.29, 1.82) is 0 Å². The highest BCUT2D eigenvalue weighted by molar-refractivity contribution is 9.10. The summed E-state index contributed by atoms with van der Waals surface area (Å²) in [5.41, 5.74) is 2.64. The van der Waals surface area contributed by atoms with Gasteiger partial charge in [-0.3, -0.25) is 4.31 Å². The van der Waals surface area contributed by atoms with E-state index in [1.807, 2.05) is 61.5 Å². The Morgan fingerprint density at radius 2 is 1.68 bits per heavy atom. The summed E-state index contributed by atoms with van der Waals surface area (Å²) < 4.78 is 29.0. The smallest absolute Gasteiger partial charge is 0.262 e. The summed E-state index contributed by atoms with van der Waals surface area (Å²) in [5, 5.41) is 0. The first kappa shape index (κ1) is 19.3. The molecule has 1 aliphatic heterocycles. The van der Waals surface area contributed by atoms with Crippen LogP contribution in [0.1, 0.15) is 11.1 Å². The lowest BCUT2D eigenvalue weighted by Crippen LogP contribution is -2.33. The molecule has 0 saturated heterocycles. The third kappa shape index (κ3) is 3.77. The fourth-order valence-electron chi connectivity index (χ4n) is 3.07. The Bertz CT molecular complexity index is 1140. The summed E-state index contributed by atoms with van der Waals surface area (Å²) in [5.74, 6) is 0. The van der Waals surface area contributed by atoms with Crippen LogP contribution in [-0.2, 0) is 10.0 Å². The molecule has 0 saturated carbocycles. The molecule has 142 valence electrons. The maximum absolute atomic E-state index is 13.3. The lowest BCUT2D eigenvalue weighted by Gasteiger charge is -2.30. The predicted octanol–water partition coefficient (Wildman–Crippen LogP) is 6.10.